The number of nitrogens with zero attached hydrogens (tertiary/aromatic N) is 4. The van der Waals surface area contributed by atoms with Gasteiger partial charge in [0.05, 0.1) is 11.4 Å². The van der Waals surface area contributed by atoms with E-state index in [2.05, 4.69) is 26.0 Å². The van der Waals surface area contributed by atoms with Crippen LogP contribution in [0.1, 0.15) is 5.69 Å². The molecule has 0 N–H and O–H groups in total. The zero-order valence-corrected chi connectivity index (χ0v) is 12.0. The number of hydrogen-bond acceptors (Lipinski definition) is 3. The van der Waals surface area contributed by atoms with Crippen molar-refractivity contribution in [2.75, 3.05) is 0 Å². The third-order valence-electron chi connectivity index (χ3n) is 3.02. The predicted molar refractivity (Wildman–Crippen MR) is 76.5 cm³/mol. The van der Waals surface area contributed by atoms with Gasteiger partial charge in [-0.25, -0.2) is 4.98 Å². The first-order valence-corrected chi connectivity index (χ1v) is 6.54. The number of aryl methyl sites for hydroxylation is 2. The lowest BCUT2D eigenvalue weighted by Gasteiger charge is -2.05. The lowest BCUT2D eigenvalue weighted by molar-refractivity contribution is 0.775. The summed E-state index contributed by atoms with van der Waals surface area (Å²) >= 11 is 3.37. The molecule has 0 atom stereocenters. The molecule has 0 spiro atoms. The lowest BCUT2D eigenvalue weighted by atomic mass is 10.3. The minimum atomic E-state index is -0.115. The van der Waals surface area contributed by atoms with Crippen LogP contribution in [0.2, 0.25) is 0 Å². The summed E-state index contributed by atoms with van der Waals surface area (Å²) in [6.45, 7) is 1.85. The van der Waals surface area contributed by atoms with Gasteiger partial charge < -0.3 is 0 Å². The van der Waals surface area contributed by atoms with Crippen LogP contribution in [0.25, 0.3) is 16.7 Å². The summed E-state index contributed by atoms with van der Waals surface area (Å²) in [4.78, 5) is 16.8. The molecule has 0 saturated heterocycles. The van der Waals surface area contributed by atoms with E-state index in [9.17, 15) is 4.79 Å². The normalized spacial score (nSPS) is 11.1. The first-order chi connectivity index (χ1) is 9.08. The first-order valence-electron chi connectivity index (χ1n) is 5.75. The molecule has 0 unspecified atom stereocenters. The Balaban J connectivity index is 2.32. The van der Waals surface area contributed by atoms with E-state index in [0.717, 1.165) is 15.9 Å². The van der Waals surface area contributed by atoms with Crippen LogP contribution in [0, 0.1) is 6.92 Å². The summed E-state index contributed by atoms with van der Waals surface area (Å²) in [5.41, 5.74) is 2.60. The lowest BCUT2D eigenvalue weighted by Crippen LogP contribution is -2.20. The Hall–Kier alpha value is -1.95. The molecule has 3 aromatic rings. The van der Waals surface area contributed by atoms with Gasteiger partial charge in [0.1, 0.15) is 11.8 Å². The Kier molecular flexibility index (Phi) is 2.74. The van der Waals surface area contributed by atoms with Gasteiger partial charge in [-0.15, -0.1) is 0 Å². The van der Waals surface area contributed by atoms with Gasteiger partial charge in [0.25, 0.3) is 5.56 Å². The highest BCUT2D eigenvalue weighted by atomic mass is 79.9. The van der Waals surface area contributed by atoms with Crippen LogP contribution in [-0.4, -0.2) is 19.3 Å². The summed E-state index contributed by atoms with van der Waals surface area (Å²) in [5.74, 6) is 0. The molecule has 0 aliphatic heterocycles. The second-order valence-electron chi connectivity index (χ2n) is 4.30. The Labute approximate surface area is 117 Å². The molecule has 19 heavy (non-hydrogen) atoms. The summed E-state index contributed by atoms with van der Waals surface area (Å²) in [7, 11) is 1.75. The maximum Gasteiger partial charge on any atom is 0.284 e. The molecule has 2 aromatic heterocycles. The summed E-state index contributed by atoms with van der Waals surface area (Å²) in [6.07, 6.45) is 1.54. The largest absolute Gasteiger partial charge is 0.284 e. The standard InChI is InChI=1S/C13H11BrN4O/c1-8-11-12(17(2)16-8)13(19)18(7-15-11)10-5-3-9(14)4-6-10/h3-7H,1-2H3. The third kappa shape index (κ3) is 1.88. The molecule has 1 aromatic carbocycles. The average molecular weight is 319 g/mol. The number of halogens is 1. The molecular weight excluding hydrogens is 308 g/mol. The molecule has 96 valence electrons. The number of hydrogen-bond donors (Lipinski definition) is 0. The van der Waals surface area contributed by atoms with Crippen molar-refractivity contribution in [3.05, 3.63) is 51.1 Å². The topological polar surface area (TPSA) is 52.7 Å². The van der Waals surface area contributed by atoms with Gasteiger partial charge in [-0.2, -0.15) is 5.10 Å². The van der Waals surface area contributed by atoms with E-state index < -0.39 is 0 Å². The van der Waals surface area contributed by atoms with E-state index in [4.69, 9.17) is 0 Å². The molecule has 0 aliphatic rings. The van der Waals surface area contributed by atoms with Crippen LogP contribution >= 0.6 is 15.9 Å². The van der Waals surface area contributed by atoms with Crippen LogP contribution in [0.4, 0.5) is 0 Å². The van der Waals surface area contributed by atoms with Crippen LogP contribution in [0.15, 0.2) is 39.9 Å². The minimum absolute atomic E-state index is 0.115. The van der Waals surface area contributed by atoms with Gasteiger partial charge in [-0.1, -0.05) is 15.9 Å². The second-order valence-corrected chi connectivity index (χ2v) is 5.22. The monoisotopic (exact) mass is 318 g/mol. The average Bonchev–Trinajstić information content (AvgIpc) is 2.67. The molecular formula is C13H11BrN4O. The van der Waals surface area contributed by atoms with Crippen molar-refractivity contribution in [3.63, 3.8) is 0 Å². The highest BCUT2D eigenvalue weighted by Crippen LogP contribution is 2.15. The van der Waals surface area contributed by atoms with Gasteiger partial charge in [0, 0.05) is 11.5 Å². The first kappa shape index (κ1) is 12.1. The number of aromatic nitrogens is 4. The van der Waals surface area contributed by atoms with Crippen molar-refractivity contribution >= 4 is 27.0 Å². The number of rotatable bonds is 1. The van der Waals surface area contributed by atoms with Crippen molar-refractivity contribution in [3.8, 4) is 5.69 Å². The molecule has 3 rings (SSSR count). The minimum Gasteiger partial charge on any atom is -0.266 e. The van der Waals surface area contributed by atoms with E-state index in [-0.39, 0.29) is 5.56 Å². The third-order valence-corrected chi connectivity index (χ3v) is 3.55. The maximum absolute atomic E-state index is 12.5. The van der Waals surface area contributed by atoms with E-state index >= 15 is 0 Å². The molecule has 0 saturated carbocycles. The number of fused-ring (bicyclic) bond motifs is 1. The summed E-state index contributed by atoms with van der Waals surface area (Å²) in [6, 6.07) is 7.51. The Morgan fingerprint density at radius 3 is 2.58 bits per heavy atom. The van der Waals surface area contributed by atoms with Crippen molar-refractivity contribution < 1.29 is 0 Å². The van der Waals surface area contributed by atoms with Crippen molar-refractivity contribution in [1.29, 1.82) is 0 Å². The molecule has 2 heterocycles. The molecule has 5 nitrogen and oxygen atoms in total. The zero-order valence-electron chi connectivity index (χ0n) is 10.5. The fourth-order valence-corrected chi connectivity index (χ4v) is 2.37. The second kappa shape index (κ2) is 4.31. The molecule has 0 bridgehead atoms. The van der Waals surface area contributed by atoms with E-state index in [0.29, 0.717) is 11.0 Å². The van der Waals surface area contributed by atoms with Gasteiger partial charge in [-0.05, 0) is 31.2 Å². The molecule has 0 aliphatic carbocycles. The van der Waals surface area contributed by atoms with E-state index in [1.165, 1.54) is 4.57 Å². The van der Waals surface area contributed by atoms with Crippen molar-refractivity contribution in [2.24, 2.45) is 7.05 Å². The summed E-state index contributed by atoms with van der Waals surface area (Å²) < 4.78 is 4.07. The summed E-state index contributed by atoms with van der Waals surface area (Å²) in [5, 5.41) is 4.23. The van der Waals surface area contributed by atoms with Gasteiger partial charge >= 0.3 is 0 Å². The van der Waals surface area contributed by atoms with Gasteiger partial charge in [-0.3, -0.25) is 14.0 Å². The van der Waals surface area contributed by atoms with E-state index in [1.54, 1.807) is 18.1 Å². The Bertz CT molecular complexity index is 817. The Morgan fingerprint density at radius 2 is 1.89 bits per heavy atom. The van der Waals surface area contributed by atoms with Crippen LogP contribution in [0.3, 0.4) is 0 Å². The Morgan fingerprint density at radius 1 is 1.21 bits per heavy atom. The molecule has 0 radical (unpaired) electrons. The maximum atomic E-state index is 12.5. The highest BCUT2D eigenvalue weighted by molar-refractivity contribution is 9.10. The molecule has 0 fully saturated rings. The number of benzene rings is 1. The van der Waals surface area contributed by atoms with Gasteiger partial charge in [0.15, 0.2) is 5.52 Å². The van der Waals surface area contributed by atoms with Crippen LogP contribution in [0.5, 0.6) is 0 Å². The quantitative estimate of drug-likeness (QED) is 0.691. The van der Waals surface area contributed by atoms with Crippen molar-refractivity contribution in [1.82, 2.24) is 19.3 Å². The van der Waals surface area contributed by atoms with Crippen LogP contribution in [-0.2, 0) is 7.05 Å². The van der Waals surface area contributed by atoms with E-state index in [1.807, 2.05) is 31.2 Å². The fraction of sp³-hybridized carbons (Fsp3) is 0.154. The molecule has 0 amide bonds. The SMILES string of the molecule is Cc1nn(C)c2c(=O)n(-c3ccc(Br)cc3)cnc12. The zero-order chi connectivity index (χ0) is 13.6. The van der Waals surface area contributed by atoms with Crippen LogP contribution < -0.4 is 5.56 Å². The smallest absolute Gasteiger partial charge is 0.266 e. The predicted octanol–water partition coefficient (Wildman–Crippen LogP) is 2.19. The fourth-order valence-electron chi connectivity index (χ4n) is 2.11. The highest BCUT2D eigenvalue weighted by Gasteiger charge is 2.12. The van der Waals surface area contributed by atoms with Crippen molar-refractivity contribution in [2.45, 2.75) is 6.92 Å². The molecule has 6 heteroatoms. The van der Waals surface area contributed by atoms with Gasteiger partial charge in [0.2, 0.25) is 0 Å².